The van der Waals surface area contributed by atoms with Crippen LogP contribution in [0.5, 0.6) is 11.5 Å². The average Bonchev–Trinajstić information content (AvgIpc) is 2.59. The minimum absolute atomic E-state index is 0. The first-order valence-corrected chi connectivity index (χ1v) is 13.7. The Labute approximate surface area is 242 Å². The smallest absolute Gasteiger partial charge is 1.00 e. The molecule has 0 aliphatic rings. The molecule has 0 heterocycles. The van der Waals surface area contributed by atoms with Gasteiger partial charge < -0.3 is 11.1 Å². The maximum absolute atomic E-state index is 12.0. The second-order valence-electron chi connectivity index (χ2n) is 13.8. The van der Waals surface area contributed by atoms with E-state index in [1.54, 1.807) is 0 Å². The predicted molar refractivity (Wildman–Crippen MR) is 146 cm³/mol. The van der Waals surface area contributed by atoms with Gasteiger partial charge in [-0.1, -0.05) is 107 Å². The molecule has 0 radical (unpaired) electrons. The van der Waals surface area contributed by atoms with Gasteiger partial charge in [0.1, 0.15) is 11.5 Å². The van der Waals surface area contributed by atoms with E-state index in [1.165, 1.54) is 0 Å². The number of phosphoric ester groups is 1. The summed E-state index contributed by atoms with van der Waals surface area (Å²) in [7, 11) is -4.82. The Morgan fingerprint density at radius 1 is 0.694 bits per heavy atom. The summed E-state index contributed by atoms with van der Waals surface area (Å²) in [5, 5.41) is 11.4. The first-order valence-electron chi connectivity index (χ1n) is 12.2. The minimum Gasteiger partial charge on any atom is -1.00 e. The van der Waals surface area contributed by atoms with Gasteiger partial charge in [-0.15, -0.1) is 0 Å². The molecule has 0 spiro atoms. The zero-order valence-electron chi connectivity index (χ0n) is 25.6. The Morgan fingerprint density at radius 2 is 1.08 bits per heavy atom. The summed E-state index contributed by atoms with van der Waals surface area (Å²) < 4.78 is 17.4. The molecule has 0 bridgehead atoms. The molecular weight excluding hydrogens is 482 g/mol. The third-order valence-electron chi connectivity index (χ3n) is 6.29. The van der Waals surface area contributed by atoms with Gasteiger partial charge in [-0.3, -0.25) is 9.79 Å². The molecule has 0 aliphatic heterocycles. The normalized spacial score (nSPS) is 13.4. The van der Waals surface area contributed by atoms with E-state index in [0.717, 1.165) is 22.3 Å². The summed E-state index contributed by atoms with van der Waals surface area (Å²) in [6, 6.07) is 8.02. The molecule has 5 nitrogen and oxygen atoms in total. The summed E-state index contributed by atoms with van der Waals surface area (Å²) in [5.74, 6) is 0.405. The Hall–Kier alpha value is -0.810. The zero-order valence-corrected chi connectivity index (χ0v) is 27.5. The maximum Gasteiger partial charge on any atom is 1.00 e. The number of phenols is 1. The Kier molecular flexibility index (Phi) is 9.92. The fourth-order valence-corrected chi connectivity index (χ4v) is 4.53. The van der Waals surface area contributed by atoms with Crippen molar-refractivity contribution in [3.63, 3.8) is 0 Å². The van der Waals surface area contributed by atoms with Crippen LogP contribution in [0.2, 0.25) is 0 Å². The van der Waals surface area contributed by atoms with E-state index in [9.17, 15) is 19.5 Å². The predicted octanol–water partition coefficient (Wildman–Crippen LogP) is 4.76. The molecule has 0 saturated heterocycles. The first kappa shape index (κ1) is 33.2. The molecule has 2 aromatic rings. The van der Waals surface area contributed by atoms with Crippen LogP contribution in [-0.2, 0) is 32.6 Å². The van der Waals surface area contributed by atoms with Gasteiger partial charge in [0.25, 0.3) is 0 Å². The van der Waals surface area contributed by atoms with Crippen molar-refractivity contribution in [2.75, 3.05) is 0 Å². The van der Waals surface area contributed by atoms with Crippen LogP contribution in [0.25, 0.3) is 0 Å². The van der Waals surface area contributed by atoms with Crippen LogP contribution in [0.3, 0.4) is 0 Å². The molecule has 198 valence electrons. The van der Waals surface area contributed by atoms with Gasteiger partial charge in [0.05, 0.1) is 0 Å². The van der Waals surface area contributed by atoms with Crippen LogP contribution in [0.1, 0.15) is 118 Å². The summed E-state index contributed by atoms with van der Waals surface area (Å²) in [5.41, 5.74) is 4.02. The van der Waals surface area contributed by atoms with Gasteiger partial charge in [-0.05, 0) is 49.5 Å². The summed E-state index contributed by atoms with van der Waals surface area (Å²) in [6.45, 7) is 24.9. The maximum atomic E-state index is 12.0. The van der Waals surface area contributed by atoms with E-state index in [-0.39, 0.29) is 65.1 Å². The fourth-order valence-electron chi connectivity index (χ4n) is 4.08. The minimum atomic E-state index is -4.82. The monoisotopic (exact) mass is 528 g/mol. The standard InChI is InChI=1S/C29H45O5P.Na.H/c1-26(2,3)20-14-18(24(30)22(16-20)28(7,8)9)13-19-15-21(27(4,5)6)17-23(29(10,11)12)25(19)34-35(31,32)33;;/h14-17,30H,13H2,1-12H3,(H2,31,32,33);;/q;+1;-1. The van der Waals surface area contributed by atoms with Crippen LogP contribution in [0.4, 0.5) is 0 Å². The molecule has 0 aromatic heterocycles. The van der Waals surface area contributed by atoms with Crippen molar-refractivity contribution in [3.8, 4) is 11.5 Å². The molecule has 0 amide bonds. The molecule has 7 heteroatoms. The molecule has 2 rings (SSSR count). The first-order chi connectivity index (χ1) is 15.4. The summed E-state index contributed by atoms with van der Waals surface area (Å²) in [4.78, 5) is 19.6. The molecule has 0 saturated carbocycles. The van der Waals surface area contributed by atoms with E-state index < -0.39 is 13.2 Å². The third-order valence-corrected chi connectivity index (χ3v) is 6.71. The number of aromatic hydroxyl groups is 1. The van der Waals surface area contributed by atoms with Crippen LogP contribution >= 0.6 is 7.82 Å². The zero-order chi connectivity index (χ0) is 27.4. The van der Waals surface area contributed by atoms with Crippen LogP contribution in [0.15, 0.2) is 24.3 Å². The number of hydrogen-bond donors (Lipinski definition) is 3. The molecular formula is C29H46NaO5P. The topological polar surface area (TPSA) is 87.0 Å². The van der Waals surface area contributed by atoms with Crippen LogP contribution in [-0.4, -0.2) is 14.9 Å². The second kappa shape index (κ2) is 10.8. The van der Waals surface area contributed by atoms with Crippen molar-refractivity contribution >= 4 is 7.82 Å². The number of hydrogen-bond acceptors (Lipinski definition) is 3. The number of rotatable bonds is 4. The number of phenolic OH excluding ortho intramolecular Hbond substituents is 1. The summed E-state index contributed by atoms with van der Waals surface area (Å²) in [6.07, 6.45) is 0.279. The molecule has 0 atom stereocenters. The number of benzene rings is 2. The van der Waals surface area contributed by atoms with Crippen molar-refractivity contribution in [1.29, 1.82) is 0 Å². The van der Waals surface area contributed by atoms with E-state index in [1.807, 2.05) is 39.0 Å². The average molecular weight is 529 g/mol. The Balaban J connectivity index is 0.00000648. The van der Waals surface area contributed by atoms with Gasteiger partial charge in [0, 0.05) is 12.0 Å². The van der Waals surface area contributed by atoms with Crippen molar-refractivity contribution in [2.45, 2.75) is 111 Å². The van der Waals surface area contributed by atoms with Gasteiger partial charge in [-0.25, -0.2) is 4.57 Å². The SMILES string of the molecule is CC(C)(C)c1cc(Cc2cc(C(C)(C)C)cc(C(C)(C)C)c2OP(=O)(O)O)c(O)c(C(C)(C)C)c1.[H-].[Na+]. The third kappa shape index (κ3) is 8.35. The van der Waals surface area contributed by atoms with E-state index in [4.69, 9.17) is 4.52 Å². The molecule has 36 heavy (non-hydrogen) atoms. The molecule has 2 aromatic carbocycles. The molecule has 3 N–H and O–H groups in total. The summed E-state index contributed by atoms with van der Waals surface area (Å²) >= 11 is 0. The second-order valence-corrected chi connectivity index (χ2v) is 15.0. The van der Waals surface area contributed by atoms with E-state index >= 15 is 0 Å². The van der Waals surface area contributed by atoms with Gasteiger partial charge in [0.15, 0.2) is 0 Å². The van der Waals surface area contributed by atoms with E-state index in [0.29, 0.717) is 11.1 Å². The van der Waals surface area contributed by atoms with Crippen LogP contribution < -0.4 is 34.1 Å². The largest absolute Gasteiger partial charge is 1.00 e. The van der Waals surface area contributed by atoms with Crippen molar-refractivity contribution < 1.29 is 55.0 Å². The van der Waals surface area contributed by atoms with E-state index in [2.05, 4.69) is 68.4 Å². The van der Waals surface area contributed by atoms with Crippen molar-refractivity contribution in [2.24, 2.45) is 0 Å². The molecule has 0 aliphatic carbocycles. The Morgan fingerprint density at radius 3 is 1.44 bits per heavy atom. The molecule has 0 fully saturated rings. The Bertz CT molecular complexity index is 1140. The van der Waals surface area contributed by atoms with Crippen molar-refractivity contribution in [1.82, 2.24) is 0 Å². The van der Waals surface area contributed by atoms with Crippen LogP contribution in [0, 0.1) is 0 Å². The fraction of sp³-hybridized carbons (Fsp3) is 0.586. The van der Waals surface area contributed by atoms with Gasteiger partial charge in [0.2, 0.25) is 0 Å². The van der Waals surface area contributed by atoms with Crippen molar-refractivity contribution in [3.05, 3.63) is 57.6 Å². The van der Waals surface area contributed by atoms with Gasteiger partial charge in [-0.2, -0.15) is 0 Å². The number of phosphoric acid groups is 1. The molecule has 0 unspecified atom stereocenters. The van der Waals surface area contributed by atoms with Gasteiger partial charge >= 0.3 is 37.4 Å². The quantitative estimate of drug-likeness (QED) is 0.394.